The molecule has 7 heteroatoms. The molecule has 152 valence electrons. The number of carbonyl (C=O) groups excluding carboxylic acids is 3. The van der Waals surface area contributed by atoms with Crippen molar-refractivity contribution in [2.45, 2.75) is 26.2 Å². The molecule has 1 heterocycles. The molecule has 0 bridgehead atoms. The maximum Gasteiger partial charge on any atom is 0.269 e. The summed E-state index contributed by atoms with van der Waals surface area (Å²) in [5.74, 6) is -0.824. The largest absolute Gasteiger partial charge is 0.339 e. The number of benzene rings is 2. The van der Waals surface area contributed by atoms with E-state index in [2.05, 4.69) is 26.8 Å². The Morgan fingerprint density at radius 1 is 0.931 bits per heavy atom. The molecule has 1 aliphatic heterocycles. The highest BCUT2D eigenvalue weighted by molar-refractivity contribution is 9.10. The van der Waals surface area contributed by atoms with Crippen LogP contribution < -0.4 is 10.9 Å². The van der Waals surface area contributed by atoms with Gasteiger partial charge in [0.15, 0.2) is 0 Å². The highest BCUT2D eigenvalue weighted by Crippen LogP contribution is 2.20. The lowest BCUT2D eigenvalue weighted by atomic mass is 9.95. The molecule has 3 amide bonds. The number of halogens is 1. The first-order chi connectivity index (χ1) is 14.0. The molecular formula is C22H24BrN3O3. The van der Waals surface area contributed by atoms with Crippen LogP contribution in [0.1, 0.15) is 46.0 Å². The fraction of sp³-hybridized carbons (Fsp3) is 0.318. The second kappa shape index (κ2) is 9.69. The molecule has 3 rings (SSSR count). The Labute approximate surface area is 178 Å². The second-order valence-electron chi connectivity index (χ2n) is 7.07. The Balaban J connectivity index is 1.46. The van der Waals surface area contributed by atoms with Crippen molar-refractivity contribution in [2.75, 3.05) is 13.1 Å². The maximum atomic E-state index is 12.6. The van der Waals surface area contributed by atoms with Gasteiger partial charge in [-0.05, 0) is 61.2 Å². The summed E-state index contributed by atoms with van der Waals surface area (Å²) >= 11 is 3.36. The summed E-state index contributed by atoms with van der Waals surface area (Å²) < 4.78 is 0.924. The number of likely N-dealkylation sites (tertiary alicyclic amines) is 1. The van der Waals surface area contributed by atoms with E-state index < -0.39 is 0 Å². The van der Waals surface area contributed by atoms with E-state index in [4.69, 9.17) is 0 Å². The maximum absolute atomic E-state index is 12.6. The first-order valence-corrected chi connectivity index (χ1v) is 10.5. The van der Waals surface area contributed by atoms with Gasteiger partial charge in [0.25, 0.3) is 11.8 Å². The molecule has 2 aromatic rings. The zero-order valence-electron chi connectivity index (χ0n) is 16.3. The van der Waals surface area contributed by atoms with Gasteiger partial charge in [0, 0.05) is 34.6 Å². The van der Waals surface area contributed by atoms with Crippen LogP contribution in [0.4, 0.5) is 0 Å². The van der Waals surface area contributed by atoms with E-state index in [9.17, 15) is 14.4 Å². The molecule has 1 fully saturated rings. The van der Waals surface area contributed by atoms with Gasteiger partial charge < -0.3 is 4.90 Å². The van der Waals surface area contributed by atoms with Crippen LogP contribution in [0.3, 0.4) is 0 Å². The summed E-state index contributed by atoms with van der Waals surface area (Å²) in [6.07, 6.45) is 2.03. The minimum absolute atomic E-state index is 0.0276. The first kappa shape index (κ1) is 21.0. The number of amides is 3. The Morgan fingerprint density at radius 2 is 1.52 bits per heavy atom. The molecule has 0 atom stereocenters. The van der Waals surface area contributed by atoms with Crippen molar-refractivity contribution in [3.63, 3.8) is 0 Å². The van der Waals surface area contributed by atoms with Gasteiger partial charge in [0.2, 0.25) is 5.91 Å². The molecule has 2 aromatic carbocycles. The summed E-state index contributed by atoms with van der Waals surface area (Å²) in [7, 11) is 0. The number of hydrazine groups is 1. The number of nitrogens with zero attached hydrogens (tertiary/aromatic N) is 1. The number of nitrogens with one attached hydrogen (secondary N) is 2. The fourth-order valence-electron chi connectivity index (χ4n) is 3.30. The third kappa shape index (κ3) is 5.44. The van der Waals surface area contributed by atoms with Crippen molar-refractivity contribution in [3.05, 3.63) is 69.7 Å². The highest BCUT2D eigenvalue weighted by atomic mass is 79.9. The van der Waals surface area contributed by atoms with E-state index in [1.807, 2.05) is 31.2 Å². The molecule has 2 N–H and O–H groups in total. The fourth-order valence-corrected chi connectivity index (χ4v) is 3.57. The van der Waals surface area contributed by atoms with Crippen LogP contribution in [0.5, 0.6) is 0 Å². The van der Waals surface area contributed by atoms with Gasteiger partial charge in [0.1, 0.15) is 0 Å². The Morgan fingerprint density at radius 3 is 2.10 bits per heavy atom. The van der Waals surface area contributed by atoms with E-state index in [-0.39, 0.29) is 23.6 Å². The average Bonchev–Trinajstić information content (AvgIpc) is 2.77. The minimum Gasteiger partial charge on any atom is -0.339 e. The monoisotopic (exact) mass is 457 g/mol. The van der Waals surface area contributed by atoms with Crippen molar-refractivity contribution in [1.29, 1.82) is 0 Å². The molecule has 6 nitrogen and oxygen atoms in total. The van der Waals surface area contributed by atoms with Crippen LogP contribution in [0.2, 0.25) is 0 Å². The van der Waals surface area contributed by atoms with Gasteiger partial charge in [-0.3, -0.25) is 25.2 Å². The van der Waals surface area contributed by atoms with Crippen LogP contribution in [-0.4, -0.2) is 35.7 Å². The number of piperidine rings is 1. The average molecular weight is 458 g/mol. The van der Waals surface area contributed by atoms with Crippen LogP contribution in [0.25, 0.3) is 0 Å². The van der Waals surface area contributed by atoms with E-state index in [1.54, 1.807) is 29.2 Å². The third-order valence-corrected chi connectivity index (χ3v) is 5.70. The molecule has 0 aromatic heterocycles. The lowest BCUT2D eigenvalue weighted by molar-refractivity contribution is -0.127. The van der Waals surface area contributed by atoms with Gasteiger partial charge in [-0.1, -0.05) is 35.0 Å². The topological polar surface area (TPSA) is 78.5 Å². The number of rotatable bonds is 4. The van der Waals surface area contributed by atoms with Crippen molar-refractivity contribution in [3.8, 4) is 0 Å². The van der Waals surface area contributed by atoms with Crippen LogP contribution in [-0.2, 0) is 11.2 Å². The van der Waals surface area contributed by atoms with Crippen LogP contribution in [0.15, 0.2) is 53.0 Å². The standard InChI is InChI=1S/C22H24BrN3O3/c1-2-15-3-5-16(6-4-15)20(27)24-25-21(28)17-11-13-26(14-12-17)22(29)18-7-9-19(23)10-8-18/h3-10,17H,2,11-14H2,1H3,(H,24,27)(H,25,28). The molecule has 0 spiro atoms. The van der Waals surface area contributed by atoms with Gasteiger partial charge in [-0.15, -0.1) is 0 Å². The summed E-state index contributed by atoms with van der Waals surface area (Å²) in [5, 5.41) is 0. The Bertz CT molecular complexity index is 873. The van der Waals surface area contributed by atoms with E-state index >= 15 is 0 Å². The van der Waals surface area contributed by atoms with Crippen molar-refractivity contribution in [2.24, 2.45) is 5.92 Å². The van der Waals surface area contributed by atoms with Crippen LogP contribution in [0, 0.1) is 5.92 Å². The molecular weight excluding hydrogens is 434 g/mol. The molecule has 0 aliphatic carbocycles. The summed E-state index contributed by atoms with van der Waals surface area (Å²) in [6, 6.07) is 14.5. The third-order valence-electron chi connectivity index (χ3n) is 5.17. The quantitative estimate of drug-likeness (QED) is 0.691. The van der Waals surface area contributed by atoms with Crippen LogP contribution >= 0.6 is 15.9 Å². The molecule has 0 unspecified atom stereocenters. The molecule has 0 radical (unpaired) electrons. The predicted octanol–water partition coefficient (Wildman–Crippen LogP) is 3.32. The van der Waals surface area contributed by atoms with Gasteiger partial charge >= 0.3 is 0 Å². The number of aryl methyl sites for hydroxylation is 1. The highest BCUT2D eigenvalue weighted by Gasteiger charge is 2.28. The van der Waals surface area contributed by atoms with Crippen molar-refractivity contribution in [1.82, 2.24) is 15.8 Å². The smallest absolute Gasteiger partial charge is 0.269 e. The summed E-state index contributed by atoms with van der Waals surface area (Å²) in [4.78, 5) is 38.9. The zero-order valence-corrected chi connectivity index (χ0v) is 17.9. The molecule has 29 heavy (non-hydrogen) atoms. The van der Waals surface area contributed by atoms with Gasteiger partial charge in [0.05, 0.1) is 0 Å². The van der Waals surface area contributed by atoms with Gasteiger partial charge in [-0.25, -0.2) is 0 Å². The first-order valence-electron chi connectivity index (χ1n) is 9.72. The second-order valence-corrected chi connectivity index (χ2v) is 7.98. The zero-order chi connectivity index (χ0) is 20.8. The SMILES string of the molecule is CCc1ccc(C(=O)NNC(=O)C2CCN(C(=O)c3ccc(Br)cc3)CC2)cc1. The lowest BCUT2D eigenvalue weighted by Crippen LogP contribution is -2.48. The Kier molecular flexibility index (Phi) is 7.04. The van der Waals surface area contributed by atoms with Crippen molar-refractivity contribution < 1.29 is 14.4 Å². The van der Waals surface area contributed by atoms with Gasteiger partial charge in [-0.2, -0.15) is 0 Å². The van der Waals surface area contributed by atoms with Crippen molar-refractivity contribution >= 4 is 33.7 Å². The number of hydrogen-bond acceptors (Lipinski definition) is 3. The summed E-state index contributed by atoms with van der Waals surface area (Å²) in [5.41, 5.74) is 7.27. The Hall–Kier alpha value is -2.67. The van der Waals surface area contributed by atoms with E-state index in [1.165, 1.54) is 0 Å². The number of hydrogen-bond donors (Lipinski definition) is 2. The molecule has 1 saturated heterocycles. The van der Waals surface area contributed by atoms with E-state index in [0.29, 0.717) is 37.1 Å². The normalized spacial score (nSPS) is 14.3. The lowest BCUT2D eigenvalue weighted by Gasteiger charge is -2.31. The molecule has 1 aliphatic rings. The molecule has 0 saturated carbocycles. The number of carbonyl (C=O) groups is 3. The van der Waals surface area contributed by atoms with E-state index in [0.717, 1.165) is 16.5 Å². The predicted molar refractivity (Wildman–Crippen MR) is 114 cm³/mol. The summed E-state index contributed by atoms with van der Waals surface area (Å²) in [6.45, 7) is 3.08. The minimum atomic E-state index is -0.344.